The van der Waals surface area contributed by atoms with Crippen LogP contribution in [-0.4, -0.2) is 17.3 Å². The van der Waals surface area contributed by atoms with Crippen molar-refractivity contribution in [3.05, 3.63) is 59.4 Å². The normalized spacial score (nSPS) is 11.7. The summed E-state index contributed by atoms with van der Waals surface area (Å²) in [4.78, 5) is 11.9. The largest absolute Gasteiger partial charge is 0.493 e. The first-order valence-corrected chi connectivity index (χ1v) is 9.26. The SMILES string of the molecule is CCOc1ccc(C(C)(C)CC)cc1-c1cc2c(C)cccn2c1C=O. The number of aldehydes is 1. The van der Waals surface area contributed by atoms with Crippen LogP contribution in [0.15, 0.2) is 42.6 Å². The van der Waals surface area contributed by atoms with Crippen LogP contribution in [0.5, 0.6) is 5.75 Å². The Morgan fingerprint density at radius 1 is 1.12 bits per heavy atom. The molecule has 3 rings (SSSR count). The fourth-order valence-corrected chi connectivity index (χ4v) is 3.35. The lowest BCUT2D eigenvalue weighted by molar-refractivity contribution is 0.111. The smallest absolute Gasteiger partial charge is 0.167 e. The second-order valence-electron chi connectivity index (χ2n) is 7.39. The van der Waals surface area contributed by atoms with E-state index in [-0.39, 0.29) is 5.41 Å². The molecule has 2 heterocycles. The molecule has 26 heavy (non-hydrogen) atoms. The Labute approximate surface area is 155 Å². The van der Waals surface area contributed by atoms with Crippen molar-refractivity contribution < 1.29 is 9.53 Å². The van der Waals surface area contributed by atoms with Crippen molar-refractivity contribution >= 4 is 11.8 Å². The van der Waals surface area contributed by atoms with Crippen molar-refractivity contribution in [3.8, 4) is 16.9 Å². The van der Waals surface area contributed by atoms with Crippen molar-refractivity contribution in [1.29, 1.82) is 0 Å². The van der Waals surface area contributed by atoms with Gasteiger partial charge in [-0.05, 0) is 61.1 Å². The van der Waals surface area contributed by atoms with Crippen molar-refractivity contribution in [1.82, 2.24) is 4.40 Å². The fourth-order valence-electron chi connectivity index (χ4n) is 3.35. The van der Waals surface area contributed by atoms with Gasteiger partial charge in [0.15, 0.2) is 6.29 Å². The zero-order chi connectivity index (χ0) is 18.9. The van der Waals surface area contributed by atoms with Crippen LogP contribution in [0.4, 0.5) is 0 Å². The number of aryl methyl sites for hydroxylation is 1. The molecule has 0 bridgehead atoms. The van der Waals surface area contributed by atoms with Gasteiger partial charge >= 0.3 is 0 Å². The van der Waals surface area contributed by atoms with E-state index in [2.05, 4.69) is 52.0 Å². The number of hydrogen-bond acceptors (Lipinski definition) is 2. The third kappa shape index (κ3) is 3.03. The lowest BCUT2D eigenvalue weighted by Crippen LogP contribution is -2.15. The van der Waals surface area contributed by atoms with E-state index in [0.717, 1.165) is 40.7 Å². The van der Waals surface area contributed by atoms with Crippen LogP contribution in [-0.2, 0) is 5.41 Å². The molecule has 0 fully saturated rings. The van der Waals surface area contributed by atoms with Gasteiger partial charge in [0.25, 0.3) is 0 Å². The van der Waals surface area contributed by atoms with Crippen LogP contribution in [0.25, 0.3) is 16.6 Å². The molecular formula is C23H27NO2. The molecule has 0 aliphatic carbocycles. The van der Waals surface area contributed by atoms with Crippen LogP contribution in [0.1, 0.15) is 55.7 Å². The molecule has 0 radical (unpaired) electrons. The first-order chi connectivity index (χ1) is 12.4. The Bertz CT molecular complexity index is 950. The van der Waals surface area contributed by atoms with Crippen molar-refractivity contribution in [2.75, 3.05) is 6.61 Å². The summed E-state index contributed by atoms with van der Waals surface area (Å²) in [7, 11) is 0. The van der Waals surface area contributed by atoms with E-state index in [4.69, 9.17) is 4.74 Å². The Balaban J connectivity index is 2.31. The van der Waals surface area contributed by atoms with Crippen LogP contribution < -0.4 is 4.74 Å². The Hall–Kier alpha value is -2.55. The predicted octanol–water partition coefficient (Wildman–Crippen LogP) is 5.81. The van der Waals surface area contributed by atoms with Crippen molar-refractivity contribution in [2.45, 2.75) is 46.5 Å². The minimum atomic E-state index is 0.0654. The second-order valence-corrected chi connectivity index (χ2v) is 7.39. The molecule has 2 aromatic heterocycles. The maximum atomic E-state index is 11.9. The van der Waals surface area contributed by atoms with Crippen LogP contribution in [0.2, 0.25) is 0 Å². The zero-order valence-electron chi connectivity index (χ0n) is 16.3. The van der Waals surface area contributed by atoms with Gasteiger partial charge in [0, 0.05) is 22.8 Å². The van der Waals surface area contributed by atoms with Gasteiger partial charge in [-0.15, -0.1) is 0 Å². The standard InChI is InChI=1S/C23H27NO2/c1-6-23(4,5)17-10-11-22(26-7-2)19(13-17)18-14-20-16(3)9-8-12-24(20)21(18)15-25/h8-15H,6-7H2,1-5H3. The van der Waals surface area contributed by atoms with E-state index in [0.29, 0.717) is 12.3 Å². The fraction of sp³-hybridized carbons (Fsp3) is 0.348. The number of hydrogen-bond donors (Lipinski definition) is 0. The number of carbonyl (C=O) groups excluding carboxylic acids is 1. The van der Waals surface area contributed by atoms with Crippen LogP contribution >= 0.6 is 0 Å². The summed E-state index contributed by atoms with van der Waals surface area (Å²) in [5.41, 5.74) is 6.08. The summed E-state index contributed by atoms with van der Waals surface area (Å²) in [6, 6.07) is 12.5. The third-order valence-electron chi connectivity index (χ3n) is 5.41. The lowest BCUT2D eigenvalue weighted by atomic mass is 9.81. The van der Waals surface area contributed by atoms with Crippen LogP contribution in [0, 0.1) is 6.92 Å². The summed E-state index contributed by atoms with van der Waals surface area (Å²) in [5.74, 6) is 0.819. The molecule has 0 amide bonds. The molecule has 0 unspecified atom stereocenters. The van der Waals surface area contributed by atoms with E-state index >= 15 is 0 Å². The van der Waals surface area contributed by atoms with Crippen molar-refractivity contribution in [2.24, 2.45) is 0 Å². The maximum Gasteiger partial charge on any atom is 0.167 e. The van der Waals surface area contributed by atoms with Gasteiger partial charge in [0.2, 0.25) is 0 Å². The van der Waals surface area contributed by atoms with E-state index in [1.807, 2.05) is 29.7 Å². The van der Waals surface area contributed by atoms with Gasteiger partial charge in [-0.2, -0.15) is 0 Å². The molecule has 0 atom stereocenters. The molecule has 3 heteroatoms. The number of ether oxygens (including phenoxy) is 1. The number of pyridine rings is 1. The molecule has 0 aliphatic rings. The maximum absolute atomic E-state index is 11.9. The van der Waals surface area contributed by atoms with Gasteiger partial charge in [0.1, 0.15) is 5.75 Å². The highest BCUT2D eigenvalue weighted by atomic mass is 16.5. The lowest BCUT2D eigenvalue weighted by Gasteiger charge is -2.25. The Morgan fingerprint density at radius 2 is 1.88 bits per heavy atom. The third-order valence-corrected chi connectivity index (χ3v) is 5.41. The Morgan fingerprint density at radius 3 is 2.54 bits per heavy atom. The minimum Gasteiger partial charge on any atom is -0.493 e. The molecule has 3 nitrogen and oxygen atoms in total. The molecule has 0 saturated carbocycles. The molecular weight excluding hydrogens is 322 g/mol. The van der Waals surface area contributed by atoms with Gasteiger partial charge in [0.05, 0.1) is 12.3 Å². The summed E-state index contributed by atoms with van der Waals surface area (Å²) in [6.45, 7) is 11.3. The average Bonchev–Trinajstić information content (AvgIpc) is 3.02. The monoisotopic (exact) mass is 349 g/mol. The molecule has 3 aromatic rings. The molecule has 0 saturated heterocycles. The molecule has 0 N–H and O–H groups in total. The van der Waals surface area contributed by atoms with Gasteiger partial charge in [-0.1, -0.05) is 32.9 Å². The second kappa shape index (κ2) is 6.99. The van der Waals surface area contributed by atoms with E-state index in [1.165, 1.54) is 5.56 Å². The summed E-state index contributed by atoms with van der Waals surface area (Å²) >= 11 is 0. The molecule has 1 aromatic carbocycles. The first-order valence-electron chi connectivity index (χ1n) is 9.26. The van der Waals surface area contributed by atoms with Gasteiger partial charge in [-0.25, -0.2) is 0 Å². The summed E-state index contributed by atoms with van der Waals surface area (Å²) in [6.07, 6.45) is 3.92. The highest BCUT2D eigenvalue weighted by Gasteiger charge is 2.22. The number of carbonyl (C=O) groups is 1. The van der Waals surface area contributed by atoms with Gasteiger partial charge < -0.3 is 9.14 Å². The topological polar surface area (TPSA) is 30.7 Å². The number of benzene rings is 1. The Kier molecular flexibility index (Phi) is 4.90. The quantitative estimate of drug-likeness (QED) is 0.525. The number of fused-ring (bicyclic) bond motifs is 1. The van der Waals surface area contributed by atoms with E-state index in [1.54, 1.807) is 0 Å². The molecule has 136 valence electrons. The average molecular weight is 349 g/mol. The highest BCUT2D eigenvalue weighted by molar-refractivity contribution is 5.92. The summed E-state index contributed by atoms with van der Waals surface area (Å²) < 4.78 is 7.86. The van der Waals surface area contributed by atoms with Crippen LogP contribution in [0.3, 0.4) is 0 Å². The number of aromatic nitrogens is 1. The minimum absolute atomic E-state index is 0.0654. The zero-order valence-corrected chi connectivity index (χ0v) is 16.3. The summed E-state index contributed by atoms with van der Waals surface area (Å²) in [5, 5.41) is 0. The van der Waals surface area contributed by atoms with E-state index < -0.39 is 0 Å². The molecule has 0 aliphatic heterocycles. The predicted molar refractivity (Wildman–Crippen MR) is 107 cm³/mol. The first kappa shape index (κ1) is 18.2. The highest BCUT2D eigenvalue weighted by Crippen LogP contribution is 2.38. The van der Waals surface area contributed by atoms with E-state index in [9.17, 15) is 4.79 Å². The van der Waals surface area contributed by atoms with Crippen molar-refractivity contribution in [3.63, 3.8) is 0 Å². The van der Waals surface area contributed by atoms with Gasteiger partial charge in [-0.3, -0.25) is 4.79 Å². The number of nitrogens with zero attached hydrogens (tertiary/aromatic N) is 1. The molecule has 0 spiro atoms. The number of rotatable bonds is 6.